The second-order valence-corrected chi connectivity index (χ2v) is 6.09. The minimum Gasteiger partial charge on any atom is -0.462 e. The molecule has 6 nitrogen and oxygen atoms in total. The van der Waals surface area contributed by atoms with E-state index in [4.69, 9.17) is 10.5 Å². The van der Waals surface area contributed by atoms with E-state index < -0.39 is 11.5 Å². The molecule has 0 atom stereocenters. The topological polar surface area (TPSA) is 98.1 Å². The lowest BCUT2D eigenvalue weighted by Crippen LogP contribution is -2.30. The van der Waals surface area contributed by atoms with Gasteiger partial charge in [0.1, 0.15) is 23.0 Å². The fourth-order valence-corrected chi connectivity index (χ4v) is 3.07. The summed E-state index contributed by atoms with van der Waals surface area (Å²) in [6.07, 6.45) is 0. The van der Waals surface area contributed by atoms with Crippen LogP contribution in [0.25, 0.3) is 11.1 Å². The number of pyridine rings is 1. The number of carbonyl (C=O) groups is 1. The molecule has 0 radical (unpaired) electrons. The van der Waals surface area contributed by atoms with Crippen LogP contribution in [0.1, 0.15) is 28.4 Å². The number of nitrogen functional groups attached to an aromatic ring is 1. The molecule has 0 spiro atoms. The van der Waals surface area contributed by atoms with Gasteiger partial charge in [-0.3, -0.25) is 9.36 Å². The first-order valence-corrected chi connectivity index (χ1v) is 8.81. The molecule has 2 N–H and O–H groups in total. The first-order chi connectivity index (χ1) is 13.6. The van der Waals surface area contributed by atoms with E-state index in [2.05, 4.69) is 0 Å². The van der Waals surface area contributed by atoms with Crippen molar-refractivity contribution in [2.24, 2.45) is 0 Å². The molecule has 0 amide bonds. The van der Waals surface area contributed by atoms with Crippen LogP contribution in [-0.2, 0) is 11.3 Å². The largest absolute Gasteiger partial charge is 0.462 e. The van der Waals surface area contributed by atoms with Gasteiger partial charge in [0.15, 0.2) is 0 Å². The summed E-state index contributed by atoms with van der Waals surface area (Å²) in [4.78, 5) is 25.8. The minimum atomic E-state index is -0.669. The van der Waals surface area contributed by atoms with Crippen LogP contribution in [0.15, 0.2) is 65.5 Å². The Morgan fingerprint density at radius 2 is 1.71 bits per heavy atom. The number of aromatic nitrogens is 1. The Hall–Kier alpha value is -3.85. The maximum atomic E-state index is 13.1. The Bertz CT molecular complexity index is 1100. The number of benzene rings is 2. The van der Waals surface area contributed by atoms with E-state index in [1.54, 1.807) is 37.3 Å². The van der Waals surface area contributed by atoms with Crippen molar-refractivity contribution in [2.45, 2.75) is 13.5 Å². The van der Waals surface area contributed by atoms with Crippen LogP contribution >= 0.6 is 0 Å². The Labute approximate surface area is 162 Å². The van der Waals surface area contributed by atoms with Gasteiger partial charge in [-0.1, -0.05) is 60.7 Å². The van der Waals surface area contributed by atoms with Gasteiger partial charge in [-0.25, -0.2) is 4.79 Å². The second kappa shape index (κ2) is 8.23. The van der Waals surface area contributed by atoms with E-state index in [0.717, 1.165) is 5.56 Å². The predicted octanol–water partition coefficient (Wildman–Crippen LogP) is 3.19. The number of nitriles is 1. The third-order valence-electron chi connectivity index (χ3n) is 4.34. The summed E-state index contributed by atoms with van der Waals surface area (Å²) in [5.74, 6) is -0.692. The Morgan fingerprint density at radius 1 is 1.11 bits per heavy atom. The first-order valence-electron chi connectivity index (χ1n) is 8.81. The van der Waals surface area contributed by atoms with Crippen LogP contribution < -0.4 is 11.3 Å². The Morgan fingerprint density at radius 3 is 2.29 bits per heavy atom. The number of hydrogen-bond donors (Lipinski definition) is 1. The first kappa shape index (κ1) is 18.9. The Balaban J connectivity index is 2.33. The normalized spacial score (nSPS) is 10.3. The molecule has 0 aliphatic carbocycles. The highest BCUT2D eigenvalue weighted by atomic mass is 16.5. The third-order valence-corrected chi connectivity index (χ3v) is 4.34. The maximum absolute atomic E-state index is 13.1. The van der Waals surface area contributed by atoms with Crippen LogP contribution in [-0.4, -0.2) is 17.1 Å². The average Bonchev–Trinajstić information content (AvgIpc) is 2.72. The highest BCUT2D eigenvalue weighted by Gasteiger charge is 2.27. The van der Waals surface area contributed by atoms with Crippen molar-refractivity contribution in [3.8, 4) is 17.2 Å². The molecular weight excluding hydrogens is 354 g/mol. The monoisotopic (exact) mass is 373 g/mol. The summed E-state index contributed by atoms with van der Waals surface area (Å²) in [5, 5.41) is 9.72. The van der Waals surface area contributed by atoms with Crippen molar-refractivity contribution in [3.63, 3.8) is 0 Å². The van der Waals surface area contributed by atoms with Crippen molar-refractivity contribution >= 4 is 11.8 Å². The number of ether oxygens (including phenoxy) is 1. The van der Waals surface area contributed by atoms with Gasteiger partial charge in [0, 0.05) is 5.56 Å². The standard InChI is InChI=1S/C22H19N3O3/c1-2-28-22(27)19-18(16-11-7-4-8-12-16)17(13-23)21(26)25(20(19)24)14-15-9-5-3-6-10-15/h3-12H,2,14,24H2,1H3. The molecule has 0 unspecified atom stereocenters. The molecule has 28 heavy (non-hydrogen) atoms. The highest BCUT2D eigenvalue weighted by molar-refractivity contribution is 6.03. The van der Waals surface area contributed by atoms with Gasteiger partial charge in [-0.15, -0.1) is 0 Å². The summed E-state index contributed by atoms with van der Waals surface area (Å²) in [5.41, 5.74) is 7.20. The lowest BCUT2D eigenvalue weighted by Gasteiger charge is -2.18. The zero-order valence-electron chi connectivity index (χ0n) is 15.4. The zero-order chi connectivity index (χ0) is 20.1. The third kappa shape index (κ3) is 3.51. The van der Waals surface area contributed by atoms with Crippen molar-refractivity contribution in [1.82, 2.24) is 4.57 Å². The lowest BCUT2D eigenvalue weighted by atomic mass is 9.95. The maximum Gasteiger partial charge on any atom is 0.342 e. The quantitative estimate of drug-likeness (QED) is 0.693. The molecule has 1 heterocycles. The van der Waals surface area contributed by atoms with Crippen molar-refractivity contribution in [3.05, 3.63) is 87.7 Å². The van der Waals surface area contributed by atoms with Gasteiger partial charge < -0.3 is 10.5 Å². The molecule has 140 valence electrons. The fourth-order valence-electron chi connectivity index (χ4n) is 3.07. The molecule has 0 fully saturated rings. The van der Waals surface area contributed by atoms with Crippen LogP contribution in [0.4, 0.5) is 5.82 Å². The van der Waals surface area contributed by atoms with E-state index in [9.17, 15) is 14.9 Å². The second-order valence-electron chi connectivity index (χ2n) is 6.09. The van der Waals surface area contributed by atoms with Gasteiger partial charge >= 0.3 is 5.97 Å². The van der Waals surface area contributed by atoms with Crippen molar-refractivity contribution < 1.29 is 9.53 Å². The highest BCUT2D eigenvalue weighted by Crippen LogP contribution is 2.30. The number of rotatable bonds is 5. The molecule has 0 saturated carbocycles. The summed E-state index contributed by atoms with van der Waals surface area (Å²) >= 11 is 0. The molecule has 0 aliphatic rings. The SMILES string of the molecule is CCOC(=O)c1c(-c2ccccc2)c(C#N)c(=O)n(Cc2ccccc2)c1N. The molecule has 0 aliphatic heterocycles. The number of hydrogen-bond acceptors (Lipinski definition) is 5. The number of nitrogens with zero attached hydrogens (tertiary/aromatic N) is 2. The predicted molar refractivity (Wildman–Crippen MR) is 107 cm³/mol. The fraction of sp³-hybridized carbons (Fsp3) is 0.136. The van der Waals surface area contributed by atoms with Gasteiger partial charge in [0.2, 0.25) is 0 Å². The Kier molecular flexibility index (Phi) is 5.56. The van der Waals surface area contributed by atoms with E-state index >= 15 is 0 Å². The molecular formula is C22H19N3O3. The van der Waals surface area contributed by atoms with E-state index in [-0.39, 0.29) is 35.7 Å². The summed E-state index contributed by atoms with van der Waals surface area (Å²) < 4.78 is 6.41. The summed E-state index contributed by atoms with van der Waals surface area (Å²) in [6, 6.07) is 19.9. The van der Waals surface area contributed by atoms with Gasteiger partial charge in [-0.05, 0) is 18.1 Å². The van der Waals surface area contributed by atoms with E-state index in [1.165, 1.54) is 4.57 Å². The summed E-state index contributed by atoms with van der Waals surface area (Å²) in [7, 11) is 0. The zero-order valence-corrected chi connectivity index (χ0v) is 15.4. The van der Waals surface area contributed by atoms with E-state index in [0.29, 0.717) is 5.56 Å². The molecule has 0 saturated heterocycles. The van der Waals surface area contributed by atoms with Gasteiger partial charge in [0.25, 0.3) is 5.56 Å². The van der Waals surface area contributed by atoms with Crippen molar-refractivity contribution in [2.75, 3.05) is 12.3 Å². The van der Waals surface area contributed by atoms with Crippen LogP contribution in [0.5, 0.6) is 0 Å². The number of carbonyl (C=O) groups excluding carboxylic acids is 1. The number of nitrogens with two attached hydrogens (primary N) is 1. The molecule has 1 aromatic heterocycles. The molecule has 6 heteroatoms. The molecule has 3 rings (SSSR count). The smallest absolute Gasteiger partial charge is 0.342 e. The number of anilines is 1. The van der Waals surface area contributed by atoms with Gasteiger partial charge in [-0.2, -0.15) is 5.26 Å². The van der Waals surface area contributed by atoms with Gasteiger partial charge in [0.05, 0.1) is 13.2 Å². The molecule has 2 aromatic carbocycles. The van der Waals surface area contributed by atoms with Crippen molar-refractivity contribution in [1.29, 1.82) is 5.26 Å². The lowest BCUT2D eigenvalue weighted by molar-refractivity contribution is 0.0527. The number of esters is 1. The minimum absolute atomic E-state index is 0.0230. The molecule has 3 aromatic rings. The van der Waals surface area contributed by atoms with Crippen LogP contribution in [0.3, 0.4) is 0 Å². The summed E-state index contributed by atoms with van der Waals surface area (Å²) in [6.45, 7) is 1.97. The van der Waals surface area contributed by atoms with Crippen LogP contribution in [0.2, 0.25) is 0 Å². The van der Waals surface area contributed by atoms with Crippen LogP contribution in [0, 0.1) is 11.3 Å². The average molecular weight is 373 g/mol. The molecule has 0 bridgehead atoms. The van der Waals surface area contributed by atoms with E-state index in [1.807, 2.05) is 36.4 Å².